The molecule has 0 saturated carbocycles. The summed E-state index contributed by atoms with van der Waals surface area (Å²) in [4.78, 5) is 0. The standard InChI is InChI=1S/C7H14O/c1-3-4-7-5-6(2)8-7/h6-7H,3-5H2,1-2H3/t6-,7-/m0/s1. The molecule has 8 heavy (non-hydrogen) atoms. The predicted octanol–water partition coefficient (Wildman–Crippen LogP) is 1.96. The minimum Gasteiger partial charge on any atom is -0.375 e. The zero-order chi connectivity index (χ0) is 5.98. The van der Waals surface area contributed by atoms with Crippen LogP contribution in [-0.4, -0.2) is 12.2 Å². The fourth-order valence-corrected chi connectivity index (χ4v) is 1.20. The van der Waals surface area contributed by atoms with Crippen molar-refractivity contribution in [2.45, 2.75) is 45.3 Å². The van der Waals surface area contributed by atoms with Crippen LogP contribution in [0.1, 0.15) is 33.1 Å². The summed E-state index contributed by atoms with van der Waals surface area (Å²) in [5, 5.41) is 0. The van der Waals surface area contributed by atoms with Gasteiger partial charge in [0.25, 0.3) is 0 Å². The molecule has 1 saturated heterocycles. The Labute approximate surface area is 51.0 Å². The topological polar surface area (TPSA) is 9.23 Å². The van der Waals surface area contributed by atoms with E-state index in [1.54, 1.807) is 0 Å². The van der Waals surface area contributed by atoms with Crippen LogP contribution in [0.3, 0.4) is 0 Å². The van der Waals surface area contributed by atoms with Crippen LogP contribution in [0.5, 0.6) is 0 Å². The Morgan fingerprint density at radius 2 is 2.25 bits per heavy atom. The first-order chi connectivity index (χ1) is 3.83. The van der Waals surface area contributed by atoms with Crippen LogP contribution in [0.25, 0.3) is 0 Å². The summed E-state index contributed by atoms with van der Waals surface area (Å²) in [6.07, 6.45) is 4.96. The van der Waals surface area contributed by atoms with Gasteiger partial charge in [0.05, 0.1) is 12.2 Å². The molecule has 0 amide bonds. The van der Waals surface area contributed by atoms with E-state index in [1.165, 1.54) is 19.3 Å². The van der Waals surface area contributed by atoms with E-state index >= 15 is 0 Å². The van der Waals surface area contributed by atoms with Gasteiger partial charge in [-0.15, -0.1) is 0 Å². The first-order valence-corrected chi connectivity index (χ1v) is 3.48. The Morgan fingerprint density at radius 1 is 1.62 bits per heavy atom. The first kappa shape index (κ1) is 6.09. The van der Waals surface area contributed by atoms with E-state index in [0.29, 0.717) is 12.2 Å². The van der Waals surface area contributed by atoms with E-state index in [4.69, 9.17) is 4.74 Å². The normalized spacial score (nSPS) is 36.8. The summed E-state index contributed by atoms with van der Waals surface area (Å²) in [5.41, 5.74) is 0. The minimum atomic E-state index is 0.548. The summed E-state index contributed by atoms with van der Waals surface area (Å²) in [6, 6.07) is 0. The van der Waals surface area contributed by atoms with Gasteiger partial charge in [0.1, 0.15) is 0 Å². The Kier molecular flexibility index (Phi) is 1.90. The molecule has 1 heteroatoms. The maximum absolute atomic E-state index is 5.38. The lowest BCUT2D eigenvalue weighted by molar-refractivity contribution is -0.116. The van der Waals surface area contributed by atoms with Gasteiger partial charge in [-0.2, -0.15) is 0 Å². The summed E-state index contributed by atoms with van der Waals surface area (Å²) in [6.45, 7) is 4.33. The molecule has 0 aliphatic carbocycles. The highest BCUT2D eigenvalue weighted by Gasteiger charge is 2.24. The van der Waals surface area contributed by atoms with Crippen molar-refractivity contribution in [3.8, 4) is 0 Å². The lowest BCUT2D eigenvalue weighted by atomic mass is 10.0. The average Bonchev–Trinajstić information content (AvgIpc) is 1.64. The van der Waals surface area contributed by atoms with Crippen molar-refractivity contribution in [1.82, 2.24) is 0 Å². The van der Waals surface area contributed by atoms with Crippen molar-refractivity contribution in [3.05, 3.63) is 0 Å². The van der Waals surface area contributed by atoms with Crippen molar-refractivity contribution in [1.29, 1.82) is 0 Å². The highest BCUT2D eigenvalue weighted by molar-refractivity contribution is 4.72. The second-order valence-corrected chi connectivity index (χ2v) is 2.59. The van der Waals surface area contributed by atoms with E-state index in [0.717, 1.165) is 0 Å². The highest BCUT2D eigenvalue weighted by Crippen LogP contribution is 2.23. The molecule has 0 aromatic carbocycles. The van der Waals surface area contributed by atoms with E-state index in [2.05, 4.69) is 13.8 Å². The van der Waals surface area contributed by atoms with E-state index in [9.17, 15) is 0 Å². The van der Waals surface area contributed by atoms with Gasteiger partial charge in [0.15, 0.2) is 0 Å². The van der Waals surface area contributed by atoms with Gasteiger partial charge < -0.3 is 4.74 Å². The molecule has 0 unspecified atom stereocenters. The molecule has 1 fully saturated rings. The second-order valence-electron chi connectivity index (χ2n) is 2.59. The average molecular weight is 114 g/mol. The lowest BCUT2D eigenvalue weighted by Gasteiger charge is -2.33. The smallest absolute Gasteiger partial charge is 0.0603 e. The third kappa shape index (κ3) is 1.22. The molecule has 0 radical (unpaired) electrons. The molecule has 0 aromatic rings. The van der Waals surface area contributed by atoms with Gasteiger partial charge in [-0.05, 0) is 19.8 Å². The fraction of sp³-hybridized carbons (Fsp3) is 1.00. The van der Waals surface area contributed by atoms with Crippen molar-refractivity contribution >= 4 is 0 Å². The largest absolute Gasteiger partial charge is 0.375 e. The molecule has 0 bridgehead atoms. The molecule has 2 atom stereocenters. The molecule has 1 heterocycles. The van der Waals surface area contributed by atoms with E-state index in [1.807, 2.05) is 0 Å². The van der Waals surface area contributed by atoms with Gasteiger partial charge in [-0.1, -0.05) is 13.3 Å². The summed E-state index contributed by atoms with van der Waals surface area (Å²) in [5.74, 6) is 0. The van der Waals surface area contributed by atoms with Crippen molar-refractivity contribution < 1.29 is 4.74 Å². The molecule has 1 aliphatic rings. The first-order valence-electron chi connectivity index (χ1n) is 3.48. The van der Waals surface area contributed by atoms with Crippen LogP contribution in [0.2, 0.25) is 0 Å². The Morgan fingerprint density at radius 3 is 2.62 bits per heavy atom. The van der Waals surface area contributed by atoms with Crippen LogP contribution < -0.4 is 0 Å². The fourth-order valence-electron chi connectivity index (χ4n) is 1.20. The molecule has 0 spiro atoms. The Balaban J connectivity index is 1.98. The van der Waals surface area contributed by atoms with Crippen LogP contribution >= 0.6 is 0 Å². The quantitative estimate of drug-likeness (QED) is 0.533. The SMILES string of the molecule is CCC[C@H]1C[C@H](C)O1. The maximum Gasteiger partial charge on any atom is 0.0603 e. The minimum absolute atomic E-state index is 0.548. The molecule has 0 N–H and O–H groups in total. The highest BCUT2D eigenvalue weighted by atomic mass is 16.5. The number of hydrogen-bond acceptors (Lipinski definition) is 1. The molecule has 1 rings (SSSR count). The van der Waals surface area contributed by atoms with E-state index in [-0.39, 0.29) is 0 Å². The van der Waals surface area contributed by atoms with Crippen molar-refractivity contribution in [3.63, 3.8) is 0 Å². The second kappa shape index (κ2) is 2.49. The van der Waals surface area contributed by atoms with Crippen molar-refractivity contribution in [2.75, 3.05) is 0 Å². The molecule has 1 nitrogen and oxygen atoms in total. The number of rotatable bonds is 2. The van der Waals surface area contributed by atoms with Gasteiger partial charge in [-0.3, -0.25) is 0 Å². The van der Waals surface area contributed by atoms with Gasteiger partial charge >= 0.3 is 0 Å². The lowest BCUT2D eigenvalue weighted by Crippen LogP contribution is -2.34. The van der Waals surface area contributed by atoms with Gasteiger partial charge in [0, 0.05) is 0 Å². The zero-order valence-electron chi connectivity index (χ0n) is 5.68. The van der Waals surface area contributed by atoms with Crippen LogP contribution in [0, 0.1) is 0 Å². The zero-order valence-corrected chi connectivity index (χ0v) is 5.68. The van der Waals surface area contributed by atoms with Crippen LogP contribution in [0.15, 0.2) is 0 Å². The molecule has 48 valence electrons. The van der Waals surface area contributed by atoms with Gasteiger partial charge in [-0.25, -0.2) is 0 Å². The number of ether oxygens (including phenoxy) is 1. The molecular formula is C7H14O. The molecule has 0 aromatic heterocycles. The monoisotopic (exact) mass is 114 g/mol. The predicted molar refractivity (Wildman–Crippen MR) is 33.9 cm³/mol. The molecular weight excluding hydrogens is 100 g/mol. The third-order valence-corrected chi connectivity index (χ3v) is 1.63. The van der Waals surface area contributed by atoms with E-state index < -0.39 is 0 Å². The number of hydrogen-bond donors (Lipinski definition) is 0. The molecule has 1 aliphatic heterocycles. The van der Waals surface area contributed by atoms with Crippen LogP contribution in [-0.2, 0) is 4.74 Å². The summed E-state index contributed by atoms with van der Waals surface area (Å²) in [7, 11) is 0. The summed E-state index contributed by atoms with van der Waals surface area (Å²) < 4.78 is 5.38. The van der Waals surface area contributed by atoms with Gasteiger partial charge in [0.2, 0.25) is 0 Å². The third-order valence-electron chi connectivity index (χ3n) is 1.63. The Hall–Kier alpha value is -0.0400. The van der Waals surface area contributed by atoms with Crippen LogP contribution in [0.4, 0.5) is 0 Å². The van der Waals surface area contributed by atoms with Crippen molar-refractivity contribution in [2.24, 2.45) is 0 Å². The summed E-state index contributed by atoms with van der Waals surface area (Å²) >= 11 is 0. The Bertz CT molecular complexity index is 62.0. The maximum atomic E-state index is 5.38.